The van der Waals surface area contributed by atoms with E-state index in [0.29, 0.717) is 26.2 Å². The molecule has 1 amide bonds. The molecule has 0 atom stereocenters. The van der Waals surface area contributed by atoms with Gasteiger partial charge in [-0.1, -0.05) is 46.0 Å². The van der Waals surface area contributed by atoms with Crippen LogP contribution < -0.4 is 5.32 Å². The maximum atomic E-state index is 12.1. The summed E-state index contributed by atoms with van der Waals surface area (Å²) in [5.74, 6) is -0.265. The molecule has 0 bridgehead atoms. The summed E-state index contributed by atoms with van der Waals surface area (Å²) in [7, 11) is 0. The number of hydrogen-bond donors (Lipinski definition) is 1. The van der Waals surface area contributed by atoms with Crippen LogP contribution in [0.4, 0.5) is 6.01 Å². The number of carbonyl (C=O) groups is 1. The highest BCUT2D eigenvalue weighted by molar-refractivity contribution is 6.35. The minimum absolute atomic E-state index is 0.0546. The van der Waals surface area contributed by atoms with Crippen molar-refractivity contribution in [2.45, 2.75) is 0 Å². The van der Waals surface area contributed by atoms with Crippen LogP contribution in [-0.4, -0.2) is 16.1 Å². The molecule has 0 fully saturated rings. The Morgan fingerprint density at radius 3 is 2.57 bits per heavy atom. The first-order chi connectivity index (χ1) is 11.0. The number of rotatable bonds is 3. The Balaban J connectivity index is 1.82. The predicted molar refractivity (Wildman–Crippen MR) is 89.2 cm³/mol. The summed E-state index contributed by atoms with van der Waals surface area (Å²) in [6, 6.07) is 11.3. The number of hydrogen-bond acceptors (Lipinski definition) is 4. The monoisotopic (exact) mass is 367 g/mol. The van der Waals surface area contributed by atoms with Gasteiger partial charge in [-0.25, -0.2) is 0 Å². The summed E-state index contributed by atoms with van der Waals surface area (Å²) in [5, 5.41) is 11.5. The largest absolute Gasteiger partial charge is 0.403 e. The van der Waals surface area contributed by atoms with Gasteiger partial charge in [-0.15, -0.1) is 5.10 Å². The summed E-state index contributed by atoms with van der Waals surface area (Å²) >= 11 is 17.8. The highest BCUT2D eigenvalue weighted by atomic mass is 35.5. The summed E-state index contributed by atoms with van der Waals surface area (Å²) in [6.07, 6.45) is 0. The van der Waals surface area contributed by atoms with Crippen LogP contribution in [0.15, 0.2) is 46.9 Å². The highest BCUT2D eigenvalue weighted by Gasteiger charge is 2.15. The van der Waals surface area contributed by atoms with Crippen LogP contribution >= 0.6 is 34.8 Å². The van der Waals surface area contributed by atoms with Gasteiger partial charge >= 0.3 is 6.01 Å². The number of halogens is 3. The van der Waals surface area contributed by atoms with E-state index in [1.54, 1.807) is 36.4 Å². The lowest BCUT2D eigenvalue weighted by Gasteiger charge is -2.01. The molecule has 8 heteroatoms. The van der Waals surface area contributed by atoms with Crippen LogP contribution in [0.3, 0.4) is 0 Å². The quantitative estimate of drug-likeness (QED) is 0.710. The van der Waals surface area contributed by atoms with Gasteiger partial charge in [0.15, 0.2) is 0 Å². The van der Waals surface area contributed by atoms with Crippen molar-refractivity contribution in [1.29, 1.82) is 0 Å². The Labute approximate surface area is 146 Å². The van der Waals surface area contributed by atoms with Gasteiger partial charge in [-0.3, -0.25) is 10.1 Å². The van der Waals surface area contributed by atoms with E-state index in [-0.39, 0.29) is 11.9 Å². The minimum atomic E-state index is -0.417. The van der Waals surface area contributed by atoms with Crippen LogP contribution in [0.1, 0.15) is 10.4 Å². The van der Waals surface area contributed by atoms with Gasteiger partial charge in [0.05, 0.1) is 10.6 Å². The van der Waals surface area contributed by atoms with Crippen molar-refractivity contribution in [1.82, 2.24) is 10.2 Å². The van der Waals surface area contributed by atoms with E-state index in [1.165, 1.54) is 6.07 Å². The van der Waals surface area contributed by atoms with Gasteiger partial charge in [-0.05, 0) is 36.4 Å². The van der Waals surface area contributed by atoms with Crippen LogP contribution in [0, 0.1) is 0 Å². The van der Waals surface area contributed by atoms with Gasteiger partial charge in [-0.2, -0.15) is 0 Å². The van der Waals surface area contributed by atoms with Crippen molar-refractivity contribution in [3.8, 4) is 11.5 Å². The Hall–Kier alpha value is -2.08. The number of benzene rings is 2. The summed E-state index contributed by atoms with van der Waals surface area (Å²) in [6.45, 7) is 0. The Kier molecular flexibility index (Phi) is 4.52. The van der Waals surface area contributed by atoms with E-state index in [2.05, 4.69) is 15.5 Å². The second kappa shape index (κ2) is 6.58. The lowest BCUT2D eigenvalue weighted by molar-refractivity contribution is 0.102. The molecule has 0 radical (unpaired) electrons. The molecule has 0 unspecified atom stereocenters. The van der Waals surface area contributed by atoms with Gasteiger partial charge < -0.3 is 4.42 Å². The van der Waals surface area contributed by atoms with Crippen LogP contribution in [0.5, 0.6) is 0 Å². The van der Waals surface area contributed by atoms with Crippen LogP contribution in [0.25, 0.3) is 11.5 Å². The zero-order chi connectivity index (χ0) is 16.4. The third-order valence-corrected chi connectivity index (χ3v) is 3.69. The number of carbonyl (C=O) groups excluding carboxylic acids is 1. The lowest BCUT2D eigenvalue weighted by atomic mass is 10.2. The van der Waals surface area contributed by atoms with Gasteiger partial charge in [0, 0.05) is 15.6 Å². The number of aromatic nitrogens is 2. The SMILES string of the molecule is O=C(Nc1nnc(-c2cc(Cl)ccc2Cl)o1)c1cccc(Cl)c1. The van der Waals surface area contributed by atoms with E-state index in [4.69, 9.17) is 39.2 Å². The molecule has 3 aromatic rings. The molecule has 1 heterocycles. The molecular weight excluding hydrogens is 361 g/mol. The molecule has 0 aliphatic heterocycles. The van der Waals surface area contributed by atoms with Crippen LogP contribution in [0.2, 0.25) is 15.1 Å². The molecule has 116 valence electrons. The topological polar surface area (TPSA) is 68.0 Å². The van der Waals surface area contributed by atoms with Gasteiger partial charge in [0.2, 0.25) is 0 Å². The first-order valence-corrected chi connectivity index (χ1v) is 7.52. The Bertz CT molecular complexity index is 880. The summed E-state index contributed by atoms with van der Waals surface area (Å²) < 4.78 is 5.40. The zero-order valence-corrected chi connectivity index (χ0v) is 13.7. The molecule has 0 saturated carbocycles. The molecule has 23 heavy (non-hydrogen) atoms. The van der Waals surface area contributed by atoms with E-state index >= 15 is 0 Å². The standard InChI is InChI=1S/C15H8Cl3N3O2/c16-9-3-1-2-8(6-9)13(22)19-15-21-20-14(23-15)11-7-10(17)4-5-12(11)18/h1-7H,(H,19,21,22). The fourth-order valence-corrected chi connectivity index (χ4v) is 2.40. The van der Waals surface area contributed by atoms with Gasteiger partial charge in [0.1, 0.15) is 0 Å². The molecule has 3 rings (SSSR count). The van der Waals surface area contributed by atoms with E-state index in [9.17, 15) is 4.79 Å². The lowest BCUT2D eigenvalue weighted by Crippen LogP contribution is -2.11. The fourth-order valence-electron chi connectivity index (χ4n) is 1.84. The maximum absolute atomic E-state index is 12.1. The predicted octanol–water partition coefficient (Wildman–Crippen LogP) is 4.95. The number of nitrogens with zero attached hydrogens (tertiary/aromatic N) is 2. The van der Waals surface area contributed by atoms with Gasteiger partial charge in [0.25, 0.3) is 11.8 Å². The average Bonchev–Trinajstić information content (AvgIpc) is 2.98. The zero-order valence-electron chi connectivity index (χ0n) is 11.4. The number of amides is 1. The molecule has 0 saturated heterocycles. The first-order valence-electron chi connectivity index (χ1n) is 6.39. The average molecular weight is 369 g/mol. The first kappa shape index (κ1) is 15.8. The highest BCUT2D eigenvalue weighted by Crippen LogP contribution is 2.30. The fraction of sp³-hybridized carbons (Fsp3) is 0. The summed E-state index contributed by atoms with van der Waals surface area (Å²) in [5.41, 5.74) is 0.855. The molecule has 0 spiro atoms. The smallest absolute Gasteiger partial charge is 0.322 e. The molecule has 1 aromatic heterocycles. The van der Waals surface area contributed by atoms with Crippen LogP contribution in [-0.2, 0) is 0 Å². The molecule has 5 nitrogen and oxygen atoms in total. The van der Waals surface area contributed by atoms with E-state index in [0.717, 1.165) is 0 Å². The van der Waals surface area contributed by atoms with Crippen molar-refractivity contribution in [2.24, 2.45) is 0 Å². The van der Waals surface area contributed by atoms with Crippen molar-refractivity contribution in [3.63, 3.8) is 0 Å². The molecule has 0 aliphatic rings. The molecule has 2 aromatic carbocycles. The summed E-state index contributed by atoms with van der Waals surface area (Å²) in [4.78, 5) is 12.1. The number of nitrogens with one attached hydrogen (secondary N) is 1. The third-order valence-electron chi connectivity index (χ3n) is 2.89. The number of anilines is 1. The molecular formula is C15H8Cl3N3O2. The maximum Gasteiger partial charge on any atom is 0.322 e. The van der Waals surface area contributed by atoms with Crippen molar-refractivity contribution < 1.29 is 9.21 Å². The molecule has 0 aliphatic carbocycles. The van der Waals surface area contributed by atoms with Crippen molar-refractivity contribution in [3.05, 3.63) is 63.1 Å². The Morgan fingerprint density at radius 2 is 1.78 bits per heavy atom. The van der Waals surface area contributed by atoms with E-state index < -0.39 is 5.91 Å². The minimum Gasteiger partial charge on any atom is -0.403 e. The van der Waals surface area contributed by atoms with Crippen molar-refractivity contribution >= 4 is 46.7 Å². The van der Waals surface area contributed by atoms with E-state index in [1.807, 2.05) is 0 Å². The molecule has 1 N–H and O–H groups in total. The normalized spacial score (nSPS) is 10.6. The Morgan fingerprint density at radius 1 is 1.00 bits per heavy atom. The third kappa shape index (κ3) is 3.64. The second-order valence-corrected chi connectivity index (χ2v) is 5.78. The second-order valence-electron chi connectivity index (χ2n) is 4.50. The van der Waals surface area contributed by atoms with Crippen molar-refractivity contribution in [2.75, 3.05) is 5.32 Å².